The van der Waals surface area contributed by atoms with Gasteiger partial charge < -0.3 is 4.74 Å². The van der Waals surface area contributed by atoms with E-state index in [9.17, 15) is 22.8 Å². The fourth-order valence-electron chi connectivity index (χ4n) is 0.997. The van der Waals surface area contributed by atoms with Crippen molar-refractivity contribution in [2.45, 2.75) is 45.2 Å². The van der Waals surface area contributed by atoms with Gasteiger partial charge in [0.15, 0.2) is 0 Å². The molecule has 0 bridgehead atoms. The maximum atomic E-state index is 11.7. The van der Waals surface area contributed by atoms with Crippen LogP contribution in [-0.4, -0.2) is 24.5 Å². The first kappa shape index (κ1) is 14.9. The predicted molar refractivity (Wildman–Crippen MR) is 50.8 cm³/mol. The Morgan fingerprint density at radius 2 is 1.75 bits per heavy atom. The van der Waals surface area contributed by atoms with Crippen molar-refractivity contribution < 1.29 is 27.5 Å². The van der Waals surface area contributed by atoms with Crippen LogP contribution in [0.4, 0.5) is 13.2 Å². The second kappa shape index (κ2) is 7.24. The van der Waals surface area contributed by atoms with Crippen LogP contribution in [-0.2, 0) is 14.3 Å². The summed E-state index contributed by atoms with van der Waals surface area (Å²) in [6, 6.07) is 0. The summed E-state index contributed by atoms with van der Waals surface area (Å²) in [5.41, 5.74) is 0. The SMILES string of the molecule is CCCCCCOC(=O)CC(=O)C(F)(F)F. The minimum Gasteiger partial charge on any atom is -0.465 e. The molecule has 0 heterocycles. The Labute approximate surface area is 92.0 Å². The van der Waals surface area contributed by atoms with Crippen LogP contribution in [0.25, 0.3) is 0 Å². The molecule has 0 N–H and O–H groups in total. The van der Waals surface area contributed by atoms with Crippen LogP contribution in [0, 0.1) is 0 Å². The molecular weight excluding hydrogens is 225 g/mol. The summed E-state index contributed by atoms with van der Waals surface area (Å²) in [7, 11) is 0. The molecule has 0 unspecified atom stereocenters. The number of rotatable bonds is 7. The van der Waals surface area contributed by atoms with Crippen LogP contribution in [0.15, 0.2) is 0 Å². The molecule has 0 radical (unpaired) electrons. The Kier molecular flexibility index (Phi) is 6.76. The number of Topliss-reactive ketones (excluding diaryl/α,β-unsaturated/α-hetero) is 1. The maximum Gasteiger partial charge on any atom is 0.450 e. The molecule has 0 aromatic carbocycles. The highest BCUT2D eigenvalue weighted by Crippen LogP contribution is 2.17. The molecule has 0 aliphatic carbocycles. The van der Waals surface area contributed by atoms with Crippen LogP contribution < -0.4 is 0 Å². The molecule has 0 spiro atoms. The molecule has 0 saturated carbocycles. The first-order valence-electron chi connectivity index (χ1n) is 5.13. The second-order valence-corrected chi connectivity index (χ2v) is 3.38. The zero-order valence-corrected chi connectivity index (χ0v) is 9.10. The number of unbranched alkanes of at least 4 members (excludes halogenated alkanes) is 3. The van der Waals surface area contributed by atoms with Crippen molar-refractivity contribution in [3.8, 4) is 0 Å². The first-order valence-corrected chi connectivity index (χ1v) is 5.13. The van der Waals surface area contributed by atoms with E-state index < -0.39 is 24.3 Å². The lowest BCUT2D eigenvalue weighted by molar-refractivity contribution is -0.174. The normalized spacial score (nSPS) is 11.2. The van der Waals surface area contributed by atoms with E-state index >= 15 is 0 Å². The van der Waals surface area contributed by atoms with Crippen LogP contribution >= 0.6 is 0 Å². The van der Waals surface area contributed by atoms with Gasteiger partial charge in [0.1, 0.15) is 6.42 Å². The van der Waals surface area contributed by atoms with Crippen molar-refractivity contribution in [1.29, 1.82) is 0 Å². The minimum absolute atomic E-state index is 0.0734. The largest absolute Gasteiger partial charge is 0.465 e. The standard InChI is InChI=1S/C10H15F3O3/c1-2-3-4-5-6-16-9(15)7-8(14)10(11,12)13/h2-7H2,1H3. The number of esters is 1. The number of halogens is 3. The summed E-state index contributed by atoms with van der Waals surface area (Å²) in [6.07, 6.45) is -2.71. The summed E-state index contributed by atoms with van der Waals surface area (Å²) < 4.78 is 39.7. The third-order valence-electron chi connectivity index (χ3n) is 1.88. The van der Waals surface area contributed by atoms with Gasteiger partial charge in [0, 0.05) is 0 Å². The summed E-state index contributed by atoms with van der Waals surface area (Å²) in [5.74, 6) is -3.18. The summed E-state index contributed by atoms with van der Waals surface area (Å²) in [6.45, 7) is 2.08. The van der Waals surface area contributed by atoms with Crippen LogP contribution in [0.3, 0.4) is 0 Å². The van der Waals surface area contributed by atoms with Crippen LogP contribution in [0.2, 0.25) is 0 Å². The van der Waals surface area contributed by atoms with Crippen molar-refractivity contribution in [2.24, 2.45) is 0 Å². The number of carbonyl (C=O) groups excluding carboxylic acids is 2. The number of hydrogen-bond acceptors (Lipinski definition) is 3. The van der Waals surface area contributed by atoms with E-state index in [2.05, 4.69) is 4.74 Å². The van der Waals surface area contributed by atoms with Gasteiger partial charge in [-0.05, 0) is 6.42 Å². The molecule has 6 heteroatoms. The lowest BCUT2D eigenvalue weighted by Gasteiger charge is -2.05. The van der Waals surface area contributed by atoms with Crippen molar-refractivity contribution in [2.75, 3.05) is 6.61 Å². The Bertz CT molecular complexity index is 236. The monoisotopic (exact) mass is 240 g/mol. The Balaban J connectivity index is 3.63. The van der Waals surface area contributed by atoms with Crippen LogP contribution in [0.5, 0.6) is 0 Å². The van der Waals surface area contributed by atoms with Gasteiger partial charge in [-0.3, -0.25) is 9.59 Å². The van der Waals surface area contributed by atoms with Crippen molar-refractivity contribution >= 4 is 11.8 Å². The Hall–Kier alpha value is -1.07. The van der Waals surface area contributed by atoms with Gasteiger partial charge in [-0.1, -0.05) is 26.2 Å². The van der Waals surface area contributed by atoms with Crippen molar-refractivity contribution in [3.63, 3.8) is 0 Å². The van der Waals surface area contributed by atoms with Crippen molar-refractivity contribution in [3.05, 3.63) is 0 Å². The molecule has 0 saturated heterocycles. The molecule has 0 fully saturated rings. The van der Waals surface area contributed by atoms with Gasteiger partial charge in [-0.2, -0.15) is 13.2 Å². The van der Waals surface area contributed by atoms with E-state index in [0.29, 0.717) is 6.42 Å². The molecule has 0 aliphatic heterocycles. The predicted octanol–water partition coefficient (Wildman–Crippen LogP) is 2.63. The topological polar surface area (TPSA) is 43.4 Å². The second-order valence-electron chi connectivity index (χ2n) is 3.38. The third-order valence-corrected chi connectivity index (χ3v) is 1.88. The van der Waals surface area contributed by atoms with Gasteiger partial charge in [0.2, 0.25) is 5.78 Å². The van der Waals surface area contributed by atoms with E-state index in [0.717, 1.165) is 19.3 Å². The van der Waals surface area contributed by atoms with Gasteiger partial charge in [0.25, 0.3) is 0 Å². The molecule has 0 amide bonds. The van der Waals surface area contributed by atoms with Gasteiger partial charge >= 0.3 is 12.1 Å². The van der Waals surface area contributed by atoms with Crippen LogP contribution in [0.1, 0.15) is 39.0 Å². The maximum absolute atomic E-state index is 11.7. The zero-order chi connectivity index (χ0) is 12.6. The number of carbonyl (C=O) groups is 2. The first-order chi connectivity index (χ1) is 7.38. The molecule has 0 aromatic rings. The number of ketones is 1. The summed E-state index contributed by atoms with van der Waals surface area (Å²) >= 11 is 0. The smallest absolute Gasteiger partial charge is 0.450 e. The molecule has 0 atom stereocenters. The summed E-state index contributed by atoms with van der Waals surface area (Å²) in [5, 5.41) is 0. The molecule has 16 heavy (non-hydrogen) atoms. The molecule has 0 aliphatic rings. The minimum atomic E-state index is -4.96. The quantitative estimate of drug-likeness (QED) is 0.390. The molecular formula is C10H15F3O3. The number of ether oxygens (including phenoxy) is 1. The van der Waals surface area contributed by atoms with E-state index in [4.69, 9.17) is 0 Å². The molecule has 0 aromatic heterocycles. The highest BCUT2D eigenvalue weighted by atomic mass is 19.4. The van der Waals surface area contributed by atoms with E-state index in [-0.39, 0.29) is 6.61 Å². The lowest BCUT2D eigenvalue weighted by Crippen LogP contribution is -2.26. The molecule has 3 nitrogen and oxygen atoms in total. The highest BCUT2D eigenvalue weighted by Gasteiger charge is 2.39. The fraction of sp³-hybridized carbons (Fsp3) is 0.800. The van der Waals surface area contributed by atoms with Gasteiger partial charge in [0.05, 0.1) is 6.61 Å². The summed E-state index contributed by atoms with van der Waals surface area (Å²) in [4.78, 5) is 21.2. The van der Waals surface area contributed by atoms with E-state index in [1.807, 2.05) is 6.92 Å². The Morgan fingerprint density at radius 1 is 1.12 bits per heavy atom. The third kappa shape index (κ3) is 7.25. The van der Waals surface area contributed by atoms with E-state index in [1.165, 1.54) is 0 Å². The van der Waals surface area contributed by atoms with Gasteiger partial charge in [-0.15, -0.1) is 0 Å². The van der Waals surface area contributed by atoms with Crippen molar-refractivity contribution in [1.82, 2.24) is 0 Å². The number of hydrogen-bond donors (Lipinski definition) is 0. The lowest BCUT2D eigenvalue weighted by atomic mass is 10.2. The zero-order valence-electron chi connectivity index (χ0n) is 9.10. The average Bonchev–Trinajstić information content (AvgIpc) is 2.16. The van der Waals surface area contributed by atoms with Gasteiger partial charge in [-0.25, -0.2) is 0 Å². The number of alkyl halides is 3. The average molecular weight is 240 g/mol. The highest BCUT2D eigenvalue weighted by molar-refractivity contribution is 5.98. The molecule has 0 rings (SSSR count). The van der Waals surface area contributed by atoms with E-state index in [1.54, 1.807) is 0 Å². The fourth-order valence-corrected chi connectivity index (χ4v) is 0.997. The Morgan fingerprint density at radius 3 is 2.25 bits per heavy atom. The molecule has 94 valence electrons.